The highest BCUT2D eigenvalue weighted by Gasteiger charge is 2.04. The van der Waals surface area contributed by atoms with Crippen molar-refractivity contribution in [3.05, 3.63) is 29.0 Å². The lowest BCUT2D eigenvalue weighted by Crippen LogP contribution is -1.91. The number of benzene rings is 1. The molecule has 0 N–H and O–H groups in total. The Labute approximate surface area is 70.3 Å². The summed E-state index contributed by atoms with van der Waals surface area (Å²) in [7, 11) is 0. The van der Waals surface area contributed by atoms with Gasteiger partial charge in [0.15, 0.2) is 0 Å². The maximum absolute atomic E-state index is 12.5. The first kappa shape index (κ1) is 8.64. The fourth-order valence-electron chi connectivity index (χ4n) is 0.613. The van der Waals surface area contributed by atoms with Gasteiger partial charge in [0.05, 0.1) is 5.02 Å². The molecule has 0 spiro atoms. The molecule has 0 amide bonds. The maximum Gasteiger partial charge on any atom is 0.142 e. The molecule has 0 bridgehead atoms. The molecule has 1 aromatic rings. The van der Waals surface area contributed by atoms with E-state index in [4.69, 9.17) is 11.6 Å². The zero-order valence-corrected chi connectivity index (χ0v) is 6.79. The minimum Gasteiger partial charge on any atom is -0.768 e. The largest absolute Gasteiger partial charge is 0.768 e. The molecule has 0 aromatic heterocycles. The Hall–Kier alpha value is -0.450. The van der Waals surface area contributed by atoms with Gasteiger partial charge < -0.3 is 4.55 Å². The molecule has 1 atom stereocenters. The third-order valence-corrected chi connectivity index (χ3v) is 2.29. The van der Waals surface area contributed by atoms with Crippen LogP contribution in [0.2, 0.25) is 5.02 Å². The molecular formula is C6H3ClFO2S-. The van der Waals surface area contributed by atoms with E-state index in [1.807, 2.05) is 0 Å². The summed E-state index contributed by atoms with van der Waals surface area (Å²) < 4.78 is 33.2. The number of rotatable bonds is 1. The van der Waals surface area contributed by atoms with Crippen LogP contribution in [0, 0.1) is 5.82 Å². The highest BCUT2D eigenvalue weighted by atomic mass is 35.5. The summed E-state index contributed by atoms with van der Waals surface area (Å²) in [5.41, 5.74) is 0. The molecule has 5 heteroatoms. The van der Waals surface area contributed by atoms with Crippen LogP contribution in [0.15, 0.2) is 23.1 Å². The SMILES string of the molecule is O=S([O-])c1cccc(F)c1Cl. The smallest absolute Gasteiger partial charge is 0.142 e. The third-order valence-electron chi connectivity index (χ3n) is 1.10. The Morgan fingerprint density at radius 2 is 2.18 bits per heavy atom. The molecule has 0 saturated carbocycles. The van der Waals surface area contributed by atoms with Gasteiger partial charge in [-0.2, -0.15) is 0 Å². The van der Waals surface area contributed by atoms with E-state index in [-0.39, 0.29) is 9.92 Å². The molecule has 11 heavy (non-hydrogen) atoms. The first-order chi connectivity index (χ1) is 5.13. The molecule has 1 rings (SSSR count). The first-order valence-corrected chi connectivity index (χ1v) is 4.11. The number of hydrogen-bond donors (Lipinski definition) is 0. The molecule has 0 aliphatic heterocycles. The summed E-state index contributed by atoms with van der Waals surface area (Å²) in [6.07, 6.45) is 0. The minimum atomic E-state index is -2.47. The molecular weight excluding hydrogens is 191 g/mol. The van der Waals surface area contributed by atoms with Gasteiger partial charge in [-0.3, -0.25) is 4.21 Å². The van der Waals surface area contributed by atoms with Gasteiger partial charge in [-0.25, -0.2) is 4.39 Å². The Morgan fingerprint density at radius 1 is 1.55 bits per heavy atom. The van der Waals surface area contributed by atoms with Crippen molar-refractivity contribution < 1.29 is 13.2 Å². The fraction of sp³-hybridized carbons (Fsp3) is 0. The Bertz CT molecular complexity index is 303. The van der Waals surface area contributed by atoms with Crippen molar-refractivity contribution >= 4 is 22.7 Å². The maximum atomic E-state index is 12.5. The van der Waals surface area contributed by atoms with E-state index >= 15 is 0 Å². The van der Waals surface area contributed by atoms with Crippen LogP contribution in [0.5, 0.6) is 0 Å². The van der Waals surface area contributed by atoms with Crippen molar-refractivity contribution in [2.75, 3.05) is 0 Å². The Kier molecular flexibility index (Phi) is 2.59. The van der Waals surface area contributed by atoms with E-state index in [0.717, 1.165) is 6.07 Å². The second-order valence-electron chi connectivity index (χ2n) is 1.79. The molecule has 60 valence electrons. The van der Waals surface area contributed by atoms with Gasteiger partial charge in [-0.05, 0) is 23.2 Å². The highest BCUT2D eigenvalue weighted by Crippen LogP contribution is 2.21. The summed E-state index contributed by atoms with van der Waals surface area (Å²) >= 11 is 2.85. The van der Waals surface area contributed by atoms with E-state index in [1.165, 1.54) is 12.1 Å². The van der Waals surface area contributed by atoms with Gasteiger partial charge in [-0.1, -0.05) is 17.7 Å². The summed E-state index contributed by atoms with van der Waals surface area (Å²) in [5, 5.41) is -0.360. The van der Waals surface area contributed by atoms with E-state index in [0.29, 0.717) is 0 Å². The van der Waals surface area contributed by atoms with Crippen LogP contribution in [-0.4, -0.2) is 8.76 Å². The van der Waals surface area contributed by atoms with Gasteiger partial charge in [0, 0.05) is 4.90 Å². The predicted octanol–water partition coefficient (Wildman–Crippen LogP) is 1.72. The monoisotopic (exact) mass is 193 g/mol. The summed E-state index contributed by atoms with van der Waals surface area (Å²) in [4.78, 5) is -0.216. The quantitative estimate of drug-likeness (QED) is 0.638. The van der Waals surface area contributed by atoms with Crippen LogP contribution in [0.3, 0.4) is 0 Å². The van der Waals surface area contributed by atoms with Crippen LogP contribution in [0.1, 0.15) is 0 Å². The average Bonchev–Trinajstić information content (AvgIpc) is 1.94. The zero-order valence-electron chi connectivity index (χ0n) is 5.21. The highest BCUT2D eigenvalue weighted by molar-refractivity contribution is 7.79. The van der Waals surface area contributed by atoms with Gasteiger partial charge in [0.1, 0.15) is 5.82 Å². The zero-order chi connectivity index (χ0) is 8.43. The summed E-state index contributed by atoms with van der Waals surface area (Å²) in [5.74, 6) is -0.728. The number of hydrogen-bond acceptors (Lipinski definition) is 2. The lowest BCUT2D eigenvalue weighted by molar-refractivity contribution is 0.535. The van der Waals surface area contributed by atoms with Crippen molar-refractivity contribution in [1.82, 2.24) is 0 Å². The summed E-state index contributed by atoms with van der Waals surface area (Å²) in [6, 6.07) is 3.61. The van der Waals surface area contributed by atoms with Gasteiger partial charge in [0.2, 0.25) is 0 Å². The molecule has 0 aliphatic rings. The van der Waals surface area contributed by atoms with E-state index in [1.54, 1.807) is 0 Å². The number of halogens is 2. The van der Waals surface area contributed by atoms with Crippen molar-refractivity contribution in [1.29, 1.82) is 0 Å². The molecule has 1 aromatic carbocycles. The summed E-state index contributed by atoms with van der Waals surface area (Å²) in [6.45, 7) is 0. The van der Waals surface area contributed by atoms with Gasteiger partial charge in [0.25, 0.3) is 0 Å². The first-order valence-electron chi connectivity index (χ1n) is 2.66. The molecule has 0 fully saturated rings. The predicted molar refractivity (Wildman–Crippen MR) is 38.6 cm³/mol. The fourth-order valence-corrected chi connectivity index (χ4v) is 1.36. The lowest BCUT2D eigenvalue weighted by Gasteiger charge is -2.06. The van der Waals surface area contributed by atoms with Crippen LogP contribution in [0.25, 0.3) is 0 Å². The normalized spacial score (nSPS) is 13.0. The van der Waals surface area contributed by atoms with Gasteiger partial charge in [-0.15, -0.1) is 0 Å². The second-order valence-corrected chi connectivity index (χ2v) is 3.07. The molecule has 2 nitrogen and oxygen atoms in total. The second kappa shape index (κ2) is 3.30. The van der Waals surface area contributed by atoms with Crippen LogP contribution in [0.4, 0.5) is 4.39 Å². The van der Waals surface area contributed by atoms with E-state index < -0.39 is 16.9 Å². The van der Waals surface area contributed by atoms with Crippen molar-refractivity contribution in [2.24, 2.45) is 0 Å². The Balaban J connectivity index is 3.27. The molecule has 0 heterocycles. The standard InChI is InChI=1S/C6H4ClFO2S/c7-6-4(8)2-1-3-5(6)11(9)10/h1-3H,(H,9,10)/p-1. The molecule has 0 aliphatic carbocycles. The van der Waals surface area contributed by atoms with Crippen LogP contribution >= 0.6 is 11.6 Å². The van der Waals surface area contributed by atoms with Crippen molar-refractivity contribution in [3.63, 3.8) is 0 Å². The lowest BCUT2D eigenvalue weighted by atomic mass is 10.3. The van der Waals surface area contributed by atoms with Crippen LogP contribution < -0.4 is 0 Å². The molecule has 1 unspecified atom stereocenters. The molecule has 0 saturated heterocycles. The minimum absolute atomic E-state index is 0.216. The Morgan fingerprint density at radius 3 is 2.64 bits per heavy atom. The van der Waals surface area contributed by atoms with Crippen LogP contribution in [-0.2, 0) is 11.1 Å². The van der Waals surface area contributed by atoms with E-state index in [9.17, 15) is 13.2 Å². The van der Waals surface area contributed by atoms with E-state index in [2.05, 4.69) is 0 Å². The average molecular weight is 194 g/mol. The molecule has 0 radical (unpaired) electrons. The van der Waals surface area contributed by atoms with Crippen molar-refractivity contribution in [3.8, 4) is 0 Å². The van der Waals surface area contributed by atoms with Gasteiger partial charge >= 0.3 is 0 Å². The third kappa shape index (κ3) is 1.77. The van der Waals surface area contributed by atoms with Crippen molar-refractivity contribution in [2.45, 2.75) is 4.90 Å². The topological polar surface area (TPSA) is 40.1 Å².